The van der Waals surface area contributed by atoms with Crippen LogP contribution in [0.15, 0.2) is 36.7 Å². The van der Waals surface area contributed by atoms with Crippen molar-refractivity contribution >= 4 is 5.78 Å². The van der Waals surface area contributed by atoms with Crippen molar-refractivity contribution < 1.29 is 13.9 Å². The zero-order valence-corrected chi connectivity index (χ0v) is 9.97. The molecular weight excluding hydrogens is 235 g/mol. The second-order valence-corrected chi connectivity index (χ2v) is 3.81. The second kappa shape index (κ2) is 5.44. The van der Waals surface area contributed by atoms with E-state index >= 15 is 0 Å². The molecule has 94 valence electrons. The highest BCUT2D eigenvalue weighted by atomic mass is 19.1. The molecule has 0 saturated carbocycles. The summed E-state index contributed by atoms with van der Waals surface area (Å²) in [6, 6.07) is 5.71. The Morgan fingerprint density at radius 3 is 3.00 bits per heavy atom. The largest absolute Gasteiger partial charge is 0.491 e. The second-order valence-electron chi connectivity index (χ2n) is 3.81. The number of hydrogen-bond acceptors (Lipinski definition) is 3. The van der Waals surface area contributed by atoms with Crippen molar-refractivity contribution in [1.29, 1.82) is 0 Å². The number of nitrogens with zero attached hydrogens (tertiary/aromatic N) is 2. The van der Waals surface area contributed by atoms with Crippen LogP contribution in [0.2, 0.25) is 0 Å². The van der Waals surface area contributed by atoms with Crippen LogP contribution < -0.4 is 4.74 Å². The Balaban J connectivity index is 2.03. The number of rotatable bonds is 5. The number of ether oxygens (including phenoxy) is 1. The Morgan fingerprint density at radius 1 is 1.50 bits per heavy atom. The summed E-state index contributed by atoms with van der Waals surface area (Å²) in [6.07, 6.45) is 3.48. The smallest absolute Gasteiger partial charge is 0.163 e. The molecule has 0 radical (unpaired) electrons. The van der Waals surface area contributed by atoms with Gasteiger partial charge in [-0.25, -0.2) is 4.39 Å². The van der Waals surface area contributed by atoms with Gasteiger partial charge in [0.15, 0.2) is 5.78 Å². The molecule has 18 heavy (non-hydrogen) atoms. The van der Waals surface area contributed by atoms with E-state index in [2.05, 4.69) is 5.10 Å². The van der Waals surface area contributed by atoms with Crippen molar-refractivity contribution in [3.63, 3.8) is 0 Å². The van der Waals surface area contributed by atoms with Crippen LogP contribution in [0.5, 0.6) is 5.75 Å². The van der Waals surface area contributed by atoms with E-state index in [0.717, 1.165) is 0 Å². The summed E-state index contributed by atoms with van der Waals surface area (Å²) in [5.74, 6) is -0.298. The lowest BCUT2D eigenvalue weighted by Crippen LogP contribution is -2.10. The number of halogens is 1. The van der Waals surface area contributed by atoms with Crippen LogP contribution in [-0.2, 0) is 6.54 Å². The molecule has 1 aromatic carbocycles. The summed E-state index contributed by atoms with van der Waals surface area (Å²) in [7, 11) is 0. The number of carbonyl (C=O) groups excluding carboxylic acids is 1. The van der Waals surface area contributed by atoms with Gasteiger partial charge in [-0.15, -0.1) is 0 Å². The number of hydrogen-bond donors (Lipinski definition) is 0. The molecule has 0 bridgehead atoms. The minimum Gasteiger partial charge on any atom is -0.491 e. The first-order valence-electron chi connectivity index (χ1n) is 5.57. The molecule has 4 nitrogen and oxygen atoms in total. The van der Waals surface area contributed by atoms with Crippen molar-refractivity contribution in [1.82, 2.24) is 9.78 Å². The fourth-order valence-electron chi connectivity index (χ4n) is 1.59. The van der Waals surface area contributed by atoms with Gasteiger partial charge in [0.05, 0.1) is 12.1 Å². The maximum atomic E-state index is 13.1. The summed E-state index contributed by atoms with van der Waals surface area (Å²) in [5.41, 5.74) is 0.386. The standard InChI is InChI=1S/C13H13FN2O2/c1-10(17)12-4-3-11(14)9-13(12)18-8-7-16-6-2-5-15-16/h2-6,9H,7-8H2,1H3. The molecule has 0 atom stereocenters. The van der Waals surface area contributed by atoms with Crippen LogP contribution in [0.3, 0.4) is 0 Å². The summed E-state index contributed by atoms with van der Waals surface area (Å²) >= 11 is 0. The Bertz CT molecular complexity index is 538. The quantitative estimate of drug-likeness (QED) is 0.763. The van der Waals surface area contributed by atoms with Gasteiger partial charge in [-0.2, -0.15) is 5.10 Å². The Labute approximate surface area is 104 Å². The SMILES string of the molecule is CC(=O)c1ccc(F)cc1OCCn1cccn1. The van der Waals surface area contributed by atoms with Gasteiger partial charge >= 0.3 is 0 Å². The van der Waals surface area contributed by atoms with E-state index in [9.17, 15) is 9.18 Å². The highest BCUT2D eigenvalue weighted by Crippen LogP contribution is 2.20. The molecule has 2 aromatic rings. The first-order valence-corrected chi connectivity index (χ1v) is 5.57. The number of ketones is 1. The minimum absolute atomic E-state index is 0.149. The van der Waals surface area contributed by atoms with E-state index < -0.39 is 5.82 Å². The third kappa shape index (κ3) is 2.94. The molecule has 2 rings (SSSR count). The van der Waals surface area contributed by atoms with Gasteiger partial charge in [0.1, 0.15) is 18.2 Å². The molecule has 0 aliphatic carbocycles. The highest BCUT2D eigenvalue weighted by Gasteiger charge is 2.09. The third-order valence-corrected chi connectivity index (χ3v) is 2.46. The number of benzene rings is 1. The molecule has 0 spiro atoms. The van der Waals surface area contributed by atoms with Crippen molar-refractivity contribution in [3.8, 4) is 5.75 Å². The van der Waals surface area contributed by atoms with Crippen LogP contribution in [0, 0.1) is 5.82 Å². The summed E-state index contributed by atoms with van der Waals surface area (Å²) in [5, 5.41) is 4.02. The van der Waals surface area contributed by atoms with Gasteiger partial charge < -0.3 is 4.74 Å². The maximum Gasteiger partial charge on any atom is 0.163 e. The summed E-state index contributed by atoms with van der Waals surface area (Å²) in [4.78, 5) is 11.3. The Kier molecular flexibility index (Phi) is 3.72. The molecule has 0 fully saturated rings. The molecular formula is C13H13FN2O2. The molecule has 0 amide bonds. The predicted molar refractivity (Wildman–Crippen MR) is 64.1 cm³/mol. The molecule has 0 unspecified atom stereocenters. The van der Waals surface area contributed by atoms with Gasteiger partial charge in [-0.05, 0) is 25.1 Å². The van der Waals surface area contributed by atoms with Gasteiger partial charge in [0, 0.05) is 18.5 Å². The summed E-state index contributed by atoms with van der Waals surface area (Å²) < 4.78 is 20.2. The maximum absolute atomic E-state index is 13.1. The van der Waals surface area contributed by atoms with Crippen LogP contribution in [-0.4, -0.2) is 22.2 Å². The lowest BCUT2D eigenvalue weighted by atomic mass is 10.1. The van der Waals surface area contributed by atoms with E-state index in [1.54, 1.807) is 17.1 Å². The minimum atomic E-state index is -0.422. The van der Waals surface area contributed by atoms with E-state index in [1.165, 1.54) is 25.1 Å². The van der Waals surface area contributed by atoms with Crippen molar-refractivity contribution in [2.75, 3.05) is 6.61 Å². The topological polar surface area (TPSA) is 44.1 Å². The fourth-order valence-corrected chi connectivity index (χ4v) is 1.59. The van der Waals surface area contributed by atoms with Crippen LogP contribution in [0.1, 0.15) is 17.3 Å². The van der Waals surface area contributed by atoms with Crippen LogP contribution in [0.4, 0.5) is 4.39 Å². The van der Waals surface area contributed by atoms with E-state index in [4.69, 9.17) is 4.74 Å². The van der Waals surface area contributed by atoms with E-state index in [0.29, 0.717) is 18.7 Å². The van der Waals surface area contributed by atoms with Gasteiger partial charge in [0.2, 0.25) is 0 Å². The zero-order valence-electron chi connectivity index (χ0n) is 9.97. The molecule has 5 heteroatoms. The van der Waals surface area contributed by atoms with Crippen molar-refractivity contribution in [2.45, 2.75) is 13.5 Å². The summed E-state index contributed by atoms with van der Waals surface area (Å²) in [6.45, 7) is 2.29. The predicted octanol–water partition coefficient (Wildman–Crippen LogP) is 2.30. The number of carbonyl (C=O) groups is 1. The highest BCUT2D eigenvalue weighted by molar-refractivity contribution is 5.96. The monoisotopic (exact) mass is 248 g/mol. The van der Waals surface area contributed by atoms with E-state index in [1.807, 2.05) is 6.07 Å². The van der Waals surface area contributed by atoms with Crippen molar-refractivity contribution in [2.24, 2.45) is 0 Å². The van der Waals surface area contributed by atoms with Gasteiger partial charge in [0.25, 0.3) is 0 Å². The first-order chi connectivity index (χ1) is 8.66. The lowest BCUT2D eigenvalue weighted by Gasteiger charge is -2.09. The number of aromatic nitrogens is 2. The molecule has 0 aliphatic heterocycles. The third-order valence-electron chi connectivity index (χ3n) is 2.46. The van der Waals surface area contributed by atoms with Crippen molar-refractivity contribution in [3.05, 3.63) is 48.0 Å². The molecule has 0 aliphatic rings. The van der Waals surface area contributed by atoms with Crippen LogP contribution in [0.25, 0.3) is 0 Å². The normalized spacial score (nSPS) is 10.3. The molecule has 1 heterocycles. The average molecular weight is 248 g/mol. The first kappa shape index (κ1) is 12.3. The average Bonchev–Trinajstić information content (AvgIpc) is 2.82. The van der Waals surface area contributed by atoms with Gasteiger partial charge in [-0.3, -0.25) is 9.48 Å². The molecule has 1 aromatic heterocycles. The molecule has 0 N–H and O–H groups in total. The van der Waals surface area contributed by atoms with Gasteiger partial charge in [-0.1, -0.05) is 0 Å². The van der Waals surface area contributed by atoms with Crippen LogP contribution >= 0.6 is 0 Å². The fraction of sp³-hybridized carbons (Fsp3) is 0.231. The number of Topliss-reactive ketones (excluding diaryl/α,β-unsaturated/α-hetero) is 1. The molecule has 0 saturated heterocycles. The lowest BCUT2D eigenvalue weighted by molar-refractivity contribution is 0.101. The van der Waals surface area contributed by atoms with E-state index in [-0.39, 0.29) is 11.5 Å². The Morgan fingerprint density at radius 2 is 2.33 bits per heavy atom. The zero-order chi connectivity index (χ0) is 13.0. The Hall–Kier alpha value is -2.17.